The molecule has 0 bridgehead atoms. The van der Waals surface area contributed by atoms with Crippen LogP contribution in [0.15, 0.2) is 22.7 Å². The average Bonchev–Trinajstić information content (AvgIpc) is 2.81. The molecule has 17 heavy (non-hydrogen) atoms. The second-order valence-electron chi connectivity index (χ2n) is 4.45. The van der Waals surface area contributed by atoms with Crippen LogP contribution in [0.2, 0.25) is 0 Å². The summed E-state index contributed by atoms with van der Waals surface area (Å²) >= 11 is 3.28. The number of nitrogens with one attached hydrogen (secondary N) is 1. The van der Waals surface area contributed by atoms with Crippen molar-refractivity contribution in [1.29, 1.82) is 0 Å². The molecule has 1 aromatic rings. The van der Waals surface area contributed by atoms with Gasteiger partial charge in [0.2, 0.25) is 0 Å². The smallest absolute Gasteiger partial charge is 0.128 e. The van der Waals surface area contributed by atoms with Crippen molar-refractivity contribution in [2.75, 3.05) is 19.6 Å². The van der Waals surface area contributed by atoms with Gasteiger partial charge in [-0.05, 0) is 31.6 Å². The molecule has 1 atom stereocenters. The average molecular weight is 301 g/mol. The van der Waals surface area contributed by atoms with Crippen LogP contribution in [0, 0.1) is 5.82 Å². The highest BCUT2D eigenvalue weighted by Crippen LogP contribution is 2.19. The molecule has 1 heterocycles. The minimum absolute atomic E-state index is 0.121. The molecule has 1 aliphatic rings. The molecule has 0 spiro atoms. The van der Waals surface area contributed by atoms with Gasteiger partial charge in [0.25, 0.3) is 0 Å². The molecular formula is C13H18BrFN2. The van der Waals surface area contributed by atoms with Crippen molar-refractivity contribution in [3.05, 3.63) is 34.1 Å². The molecule has 0 radical (unpaired) electrons. The van der Waals surface area contributed by atoms with E-state index in [1.807, 2.05) is 12.1 Å². The van der Waals surface area contributed by atoms with Crippen LogP contribution in [0.1, 0.15) is 18.9 Å². The first kappa shape index (κ1) is 13.0. The summed E-state index contributed by atoms with van der Waals surface area (Å²) in [5.74, 6) is -0.121. The molecule has 1 unspecified atom stereocenters. The predicted molar refractivity (Wildman–Crippen MR) is 71.5 cm³/mol. The van der Waals surface area contributed by atoms with Gasteiger partial charge in [0, 0.05) is 29.2 Å². The standard InChI is InChI=1S/C13H18BrFN2/c1-2-17(12-5-6-16-8-12)9-10-3-4-11(14)7-13(10)15/h3-4,7,12,16H,2,5-6,8-9H2,1H3. The molecule has 2 nitrogen and oxygen atoms in total. The highest BCUT2D eigenvalue weighted by Gasteiger charge is 2.21. The summed E-state index contributed by atoms with van der Waals surface area (Å²) in [5.41, 5.74) is 0.780. The van der Waals surface area contributed by atoms with Crippen LogP contribution >= 0.6 is 15.9 Å². The lowest BCUT2D eigenvalue weighted by molar-refractivity contribution is 0.208. The molecule has 2 rings (SSSR count). The quantitative estimate of drug-likeness (QED) is 0.920. The third kappa shape index (κ3) is 3.27. The van der Waals surface area contributed by atoms with Crippen LogP contribution < -0.4 is 5.32 Å². The zero-order valence-corrected chi connectivity index (χ0v) is 11.6. The highest BCUT2D eigenvalue weighted by atomic mass is 79.9. The lowest BCUT2D eigenvalue weighted by Crippen LogP contribution is -2.36. The maximum atomic E-state index is 13.8. The molecule has 94 valence electrons. The number of likely N-dealkylation sites (N-methyl/N-ethyl adjacent to an activating group) is 1. The Morgan fingerprint density at radius 1 is 1.53 bits per heavy atom. The Kier molecular flexibility index (Phi) is 4.54. The minimum Gasteiger partial charge on any atom is -0.315 e. The number of rotatable bonds is 4. The maximum Gasteiger partial charge on any atom is 0.128 e. The van der Waals surface area contributed by atoms with Crippen LogP contribution in [0.5, 0.6) is 0 Å². The molecule has 1 N–H and O–H groups in total. The summed E-state index contributed by atoms with van der Waals surface area (Å²) in [6.45, 7) is 5.88. The lowest BCUT2D eigenvalue weighted by Gasteiger charge is -2.27. The summed E-state index contributed by atoms with van der Waals surface area (Å²) in [5, 5.41) is 3.35. The van der Waals surface area contributed by atoms with E-state index in [0.717, 1.165) is 36.1 Å². The fourth-order valence-corrected chi connectivity index (χ4v) is 2.65. The van der Waals surface area contributed by atoms with E-state index in [1.54, 1.807) is 0 Å². The molecule has 0 aliphatic carbocycles. The third-order valence-corrected chi connectivity index (χ3v) is 3.84. The molecule has 1 aliphatic heterocycles. The first-order valence-corrected chi connectivity index (χ1v) is 6.88. The van der Waals surface area contributed by atoms with Gasteiger partial charge < -0.3 is 5.32 Å². The Morgan fingerprint density at radius 2 is 2.35 bits per heavy atom. The Hall–Kier alpha value is -0.450. The second kappa shape index (κ2) is 5.94. The van der Waals surface area contributed by atoms with E-state index in [2.05, 4.69) is 33.1 Å². The first-order valence-electron chi connectivity index (χ1n) is 6.09. The van der Waals surface area contributed by atoms with Crippen molar-refractivity contribution in [2.45, 2.75) is 25.9 Å². The van der Waals surface area contributed by atoms with Crippen LogP contribution in [0.25, 0.3) is 0 Å². The molecule has 1 fully saturated rings. The summed E-state index contributed by atoms with van der Waals surface area (Å²) in [6, 6.07) is 5.85. The van der Waals surface area contributed by atoms with Gasteiger partial charge in [0.05, 0.1) is 0 Å². The lowest BCUT2D eigenvalue weighted by atomic mass is 10.1. The number of hydrogen-bond donors (Lipinski definition) is 1. The Labute approximate surface area is 110 Å². The van der Waals surface area contributed by atoms with Crippen molar-refractivity contribution in [3.8, 4) is 0 Å². The van der Waals surface area contributed by atoms with Gasteiger partial charge in [0.1, 0.15) is 5.82 Å². The molecule has 0 amide bonds. The topological polar surface area (TPSA) is 15.3 Å². The van der Waals surface area contributed by atoms with Gasteiger partial charge in [-0.1, -0.05) is 28.9 Å². The highest BCUT2D eigenvalue weighted by molar-refractivity contribution is 9.10. The Balaban J connectivity index is 2.06. The van der Waals surface area contributed by atoms with Crippen molar-refractivity contribution >= 4 is 15.9 Å². The molecular weight excluding hydrogens is 283 g/mol. The SMILES string of the molecule is CCN(Cc1ccc(Br)cc1F)C1CCNC1. The van der Waals surface area contributed by atoms with Crippen LogP contribution in [0.3, 0.4) is 0 Å². The molecule has 0 aromatic heterocycles. The largest absolute Gasteiger partial charge is 0.315 e. The van der Waals surface area contributed by atoms with Gasteiger partial charge in [0.15, 0.2) is 0 Å². The number of benzene rings is 1. The fraction of sp³-hybridized carbons (Fsp3) is 0.538. The van der Waals surface area contributed by atoms with Gasteiger partial charge in [-0.15, -0.1) is 0 Å². The Bertz CT molecular complexity index is 378. The molecule has 1 saturated heterocycles. The van der Waals surface area contributed by atoms with Gasteiger partial charge >= 0.3 is 0 Å². The van der Waals surface area contributed by atoms with Gasteiger partial charge in [-0.3, -0.25) is 4.90 Å². The van der Waals surface area contributed by atoms with E-state index in [0.29, 0.717) is 12.6 Å². The number of halogens is 2. The second-order valence-corrected chi connectivity index (χ2v) is 5.36. The maximum absolute atomic E-state index is 13.8. The van der Waals surface area contributed by atoms with Gasteiger partial charge in [-0.2, -0.15) is 0 Å². The van der Waals surface area contributed by atoms with Crippen LogP contribution in [0.4, 0.5) is 4.39 Å². The summed E-state index contributed by atoms with van der Waals surface area (Å²) in [4.78, 5) is 2.34. The first-order chi connectivity index (χ1) is 8.20. The molecule has 0 saturated carbocycles. The monoisotopic (exact) mass is 300 g/mol. The van der Waals surface area contributed by atoms with E-state index in [4.69, 9.17) is 0 Å². The van der Waals surface area contributed by atoms with E-state index in [9.17, 15) is 4.39 Å². The summed E-state index contributed by atoms with van der Waals surface area (Å²) < 4.78 is 14.6. The zero-order valence-electron chi connectivity index (χ0n) is 10.0. The zero-order chi connectivity index (χ0) is 12.3. The van der Waals surface area contributed by atoms with Crippen molar-refractivity contribution in [1.82, 2.24) is 10.2 Å². The molecule has 1 aromatic carbocycles. The normalized spacial score (nSPS) is 20.1. The van der Waals surface area contributed by atoms with E-state index in [1.165, 1.54) is 6.07 Å². The van der Waals surface area contributed by atoms with E-state index in [-0.39, 0.29) is 5.82 Å². The molecule has 4 heteroatoms. The minimum atomic E-state index is -0.121. The van der Waals surface area contributed by atoms with E-state index >= 15 is 0 Å². The summed E-state index contributed by atoms with van der Waals surface area (Å²) in [7, 11) is 0. The van der Waals surface area contributed by atoms with Crippen molar-refractivity contribution in [2.24, 2.45) is 0 Å². The van der Waals surface area contributed by atoms with Crippen LogP contribution in [-0.2, 0) is 6.54 Å². The number of hydrogen-bond acceptors (Lipinski definition) is 2. The Morgan fingerprint density at radius 3 is 2.94 bits per heavy atom. The predicted octanol–water partition coefficient (Wildman–Crippen LogP) is 2.77. The van der Waals surface area contributed by atoms with Crippen molar-refractivity contribution in [3.63, 3.8) is 0 Å². The number of nitrogens with zero attached hydrogens (tertiary/aromatic N) is 1. The third-order valence-electron chi connectivity index (χ3n) is 3.35. The van der Waals surface area contributed by atoms with E-state index < -0.39 is 0 Å². The van der Waals surface area contributed by atoms with Gasteiger partial charge in [-0.25, -0.2) is 4.39 Å². The van der Waals surface area contributed by atoms with Crippen molar-refractivity contribution < 1.29 is 4.39 Å². The summed E-state index contributed by atoms with van der Waals surface area (Å²) in [6.07, 6.45) is 1.16. The van der Waals surface area contributed by atoms with Crippen LogP contribution in [-0.4, -0.2) is 30.6 Å². The fourth-order valence-electron chi connectivity index (χ4n) is 2.32.